The summed E-state index contributed by atoms with van der Waals surface area (Å²) in [5, 5.41) is 18.9. The summed E-state index contributed by atoms with van der Waals surface area (Å²) in [6, 6.07) is 20.5. The van der Waals surface area contributed by atoms with E-state index in [2.05, 4.69) is 16.0 Å². The van der Waals surface area contributed by atoms with Crippen molar-refractivity contribution in [1.82, 2.24) is 14.7 Å². The Labute approximate surface area is 239 Å². The van der Waals surface area contributed by atoms with E-state index in [1.807, 2.05) is 65.2 Å². The summed E-state index contributed by atoms with van der Waals surface area (Å²) >= 11 is 0. The monoisotopic (exact) mass is 553 g/mol. The van der Waals surface area contributed by atoms with Crippen LogP contribution in [-0.4, -0.2) is 38.3 Å². The van der Waals surface area contributed by atoms with Crippen LogP contribution in [0.3, 0.4) is 0 Å². The number of carbonyl (C=O) groups is 3. The number of benzene rings is 2. The molecule has 0 spiro atoms. The van der Waals surface area contributed by atoms with Gasteiger partial charge in [0.25, 0.3) is 5.91 Å². The fourth-order valence-corrected chi connectivity index (χ4v) is 5.62. The fourth-order valence-electron chi connectivity index (χ4n) is 5.62. The second-order valence-electron chi connectivity index (χ2n) is 10.6. The van der Waals surface area contributed by atoms with Crippen molar-refractivity contribution in [1.29, 1.82) is 0 Å². The van der Waals surface area contributed by atoms with Gasteiger partial charge >= 0.3 is 5.97 Å². The number of rotatable bonds is 10. The van der Waals surface area contributed by atoms with Crippen LogP contribution in [0.1, 0.15) is 61.4 Å². The number of imidazole rings is 1. The van der Waals surface area contributed by atoms with Gasteiger partial charge in [0.1, 0.15) is 11.5 Å². The standard InChI is InChI=1S/C32H35N5O4/c1-21(38)34-25-16-14-24(15-17-25)29-31(33-20-22-9-4-2-5-10-22)37-18-8-13-26(30(37)36-29)32(41)35-27(19-28(39)40)23-11-6-3-7-12-23/h2,4-5,8-10,13-18,23,27,33H,3,6-7,11-12,19-20H2,1H3,(H,34,38)(H,35,41)(H,39,40). The van der Waals surface area contributed by atoms with E-state index >= 15 is 0 Å². The van der Waals surface area contributed by atoms with Crippen LogP contribution >= 0.6 is 0 Å². The van der Waals surface area contributed by atoms with Crippen LogP contribution < -0.4 is 16.0 Å². The Kier molecular flexibility index (Phi) is 8.62. The number of carboxylic acid groups (broad SMARTS) is 1. The quantitative estimate of drug-likeness (QED) is 0.199. The van der Waals surface area contributed by atoms with E-state index < -0.39 is 12.0 Å². The van der Waals surface area contributed by atoms with Gasteiger partial charge in [0.05, 0.1) is 12.0 Å². The third-order valence-electron chi connectivity index (χ3n) is 7.61. The van der Waals surface area contributed by atoms with Gasteiger partial charge in [-0.1, -0.05) is 61.7 Å². The van der Waals surface area contributed by atoms with Crippen molar-refractivity contribution in [3.63, 3.8) is 0 Å². The van der Waals surface area contributed by atoms with Crippen LogP contribution in [0.15, 0.2) is 72.9 Å². The summed E-state index contributed by atoms with van der Waals surface area (Å²) < 4.78 is 1.86. The van der Waals surface area contributed by atoms with Crippen LogP contribution in [0, 0.1) is 5.92 Å². The van der Waals surface area contributed by atoms with Crippen LogP contribution in [0.4, 0.5) is 11.5 Å². The highest BCUT2D eigenvalue weighted by atomic mass is 16.4. The lowest BCUT2D eigenvalue weighted by atomic mass is 9.82. The molecule has 0 bridgehead atoms. The van der Waals surface area contributed by atoms with Crippen molar-refractivity contribution in [2.24, 2.45) is 5.92 Å². The lowest BCUT2D eigenvalue weighted by Gasteiger charge is -2.30. The van der Waals surface area contributed by atoms with Gasteiger partial charge in [0.2, 0.25) is 5.91 Å². The van der Waals surface area contributed by atoms with Gasteiger partial charge in [0, 0.05) is 37.0 Å². The molecule has 0 aliphatic heterocycles. The zero-order chi connectivity index (χ0) is 28.8. The van der Waals surface area contributed by atoms with Gasteiger partial charge in [-0.05, 0) is 48.6 Å². The first-order chi connectivity index (χ1) is 19.9. The molecule has 9 heteroatoms. The molecule has 5 rings (SSSR count). The van der Waals surface area contributed by atoms with Gasteiger partial charge in [-0.3, -0.25) is 18.8 Å². The summed E-state index contributed by atoms with van der Waals surface area (Å²) in [6.07, 6.45) is 6.82. The predicted octanol–water partition coefficient (Wildman–Crippen LogP) is 5.73. The first-order valence-corrected chi connectivity index (χ1v) is 14.1. The van der Waals surface area contributed by atoms with Crippen LogP contribution in [-0.2, 0) is 16.1 Å². The molecule has 4 N–H and O–H groups in total. The molecule has 0 saturated heterocycles. The molecule has 2 aromatic heterocycles. The molecule has 1 unspecified atom stereocenters. The summed E-state index contributed by atoms with van der Waals surface area (Å²) in [6.45, 7) is 2.01. The Morgan fingerprint density at radius 2 is 1.71 bits per heavy atom. The van der Waals surface area contributed by atoms with E-state index in [-0.39, 0.29) is 24.2 Å². The number of hydrogen-bond acceptors (Lipinski definition) is 5. The Hall–Kier alpha value is -4.66. The van der Waals surface area contributed by atoms with E-state index in [9.17, 15) is 19.5 Å². The van der Waals surface area contributed by atoms with Crippen LogP contribution in [0.5, 0.6) is 0 Å². The first-order valence-electron chi connectivity index (χ1n) is 14.1. The van der Waals surface area contributed by atoms with Crippen molar-refractivity contribution < 1.29 is 19.5 Å². The first kappa shape index (κ1) is 27.9. The van der Waals surface area contributed by atoms with E-state index in [1.165, 1.54) is 6.92 Å². The third kappa shape index (κ3) is 6.74. The predicted molar refractivity (Wildman–Crippen MR) is 159 cm³/mol. The molecular weight excluding hydrogens is 518 g/mol. The smallest absolute Gasteiger partial charge is 0.305 e. The Bertz CT molecular complexity index is 1530. The zero-order valence-electron chi connectivity index (χ0n) is 23.1. The van der Waals surface area contributed by atoms with Gasteiger partial charge in [-0.25, -0.2) is 4.98 Å². The summed E-state index contributed by atoms with van der Waals surface area (Å²) in [5.41, 5.74) is 4.09. The number of fused-ring (bicyclic) bond motifs is 1. The van der Waals surface area contributed by atoms with Crippen molar-refractivity contribution in [2.45, 2.75) is 58.0 Å². The number of nitrogens with one attached hydrogen (secondary N) is 3. The molecule has 41 heavy (non-hydrogen) atoms. The summed E-state index contributed by atoms with van der Waals surface area (Å²) in [5.74, 6) is -0.540. The lowest BCUT2D eigenvalue weighted by molar-refractivity contribution is -0.137. The number of anilines is 2. The SMILES string of the molecule is CC(=O)Nc1ccc(-c2nc3c(C(=O)NC(CC(=O)O)C4CCCCC4)cccn3c2NCc2ccccc2)cc1. The van der Waals surface area contributed by atoms with Crippen LogP contribution in [0.2, 0.25) is 0 Å². The van der Waals surface area contributed by atoms with Crippen molar-refractivity contribution >= 4 is 34.9 Å². The largest absolute Gasteiger partial charge is 0.481 e. The number of hydrogen-bond donors (Lipinski definition) is 4. The normalized spacial score (nSPS) is 14.4. The van der Waals surface area contributed by atoms with Crippen LogP contribution in [0.25, 0.3) is 16.9 Å². The Morgan fingerprint density at radius 1 is 0.976 bits per heavy atom. The molecule has 1 aliphatic rings. The minimum atomic E-state index is -0.919. The number of amides is 2. The molecule has 1 atom stereocenters. The van der Waals surface area contributed by atoms with Gasteiger partial charge in [-0.15, -0.1) is 0 Å². The number of aromatic nitrogens is 2. The third-order valence-corrected chi connectivity index (χ3v) is 7.61. The maximum Gasteiger partial charge on any atom is 0.305 e. The lowest BCUT2D eigenvalue weighted by Crippen LogP contribution is -2.42. The van der Waals surface area contributed by atoms with E-state index in [0.29, 0.717) is 29.1 Å². The molecule has 9 nitrogen and oxygen atoms in total. The Balaban J connectivity index is 1.51. The maximum atomic E-state index is 13.7. The van der Waals surface area contributed by atoms with E-state index in [1.54, 1.807) is 12.1 Å². The molecule has 212 valence electrons. The topological polar surface area (TPSA) is 125 Å². The molecule has 0 radical (unpaired) electrons. The van der Waals surface area contributed by atoms with Gasteiger partial charge in [-0.2, -0.15) is 0 Å². The molecule has 2 heterocycles. The highest BCUT2D eigenvalue weighted by Crippen LogP contribution is 2.32. The van der Waals surface area contributed by atoms with Gasteiger partial charge < -0.3 is 21.1 Å². The number of carboxylic acids is 1. The number of nitrogens with zero attached hydrogens (tertiary/aromatic N) is 2. The molecule has 2 aromatic carbocycles. The molecular formula is C32H35N5O4. The van der Waals surface area contributed by atoms with Crippen molar-refractivity contribution in [3.8, 4) is 11.3 Å². The zero-order valence-corrected chi connectivity index (χ0v) is 23.1. The van der Waals surface area contributed by atoms with Crippen molar-refractivity contribution in [3.05, 3.63) is 84.1 Å². The van der Waals surface area contributed by atoms with Crippen molar-refractivity contribution in [2.75, 3.05) is 10.6 Å². The fraction of sp³-hybridized carbons (Fsp3) is 0.312. The second kappa shape index (κ2) is 12.7. The highest BCUT2D eigenvalue weighted by molar-refractivity contribution is 6.01. The molecule has 1 fully saturated rings. The molecule has 1 saturated carbocycles. The Morgan fingerprint density at radius 3 is 2.39 bits per heavy atom. The number of pyridine rings is 1. The summed E-state index contributed by atoms with van der Waals surface area (Å²) in [7, 11) is 0. The average Bonchev–Trinajstić information content (AvgIpc) is 3.35. The molecule has 2 amide bonds. The minimum absolute atomic E-state index is 0.107. The summed E-state index contributed by atoms with van der Waals surface area (Å²) in [4.78, 5) is 41.7. The number of carbonyl (C=O) groups excluding carboxylic acids is 2. The highest BCUT2D eigenvalue weighted by Gasteiger charge is 2.29. The number of aliphatic carboxylic acids is 1. The van der Waals surface area contributed by atoms with E-state index in [0.717, 1.165) is 49.0 Å². The average molecular weight is 554 g/mol. The van der Waals surface area contributed by atoms with Gasteiger partial charge in [0.15, 0.2) is 5.65 Å². The minimum Gasteiger partial charge on any atom is -0.481 e. The maximum absolute atomic E-state index is 13.7. The molecule has 1 aliphatic carbocycles. The van der Waals surface area contributed by atoms with E-state index in [4.69, 9.17) is 4.98 Å². The molecule has 4 aromatic rings. The second-order valence-corrected chi connectivity index (χ2v) is 10.6.